The molecule has 8 nitrogen and oxygen atoms in total. The van der Waals surface area contributed by atoms with Crippen molar-refractivity contribution in [2.75, 3.05) is 53.9 Å². The minimum Gasteiger partial charge on any atom is -0.388 e. The number of carbonyl (C=O) groups excluding carboxylic acids is 3. The highest BCUT2D eigenvalue weighted by Gasteiger charge is 2.32. The van der Waals surface area contributed by atoms with Crippen LogP contribution >= 0.6 is 0 Å². The molecular weight excluding hydrogens is 468 g/mol. The maximum atomic E-state index is 12.8. The van der Waals surface area contributed by atoms with E-state index in [9.17, 15) is 14.4 Å². The van der Waals surface area contributed by atoms with Gasteiger partial charge < -0.3 is 20.2 Å². The zero-order valence-corrected chi connectivity index (χ0v) is 21.5. The average Bonchev–Trinajstić information content (AvgIpc) is 2.93. The number of Topliss-reactive ketones (excluding diaryl/α,β-unsaturated/α-hetero) is 1. The molecule has 0 radical (unpaired) electrons. The number of aliphatic hydroxyl groups excluding tert-OH is 1. The molecule has 2 aromatic rings. The summed E-state index contributed by atoms with van der Waals surface area (Å²) in [6, 6.07) is 13.3. The number of aliphatic hydroxyl groups is 1. The fourth-order valence-electron chi connectivity index (χ4n) is 3.94. The lowest BCUT2D eigenvalue weighted by Crippen LogP contribution is -2.52. The van der Waals surface area contributed by atoms with Crippen molar-refractivity contribution in [3.63, 3.8) is 0 Å². The Hall–Kier alpha value is -3.95. The van der Waals surface area contributed by atoms with Crippen LogP contribution < -0.4 is 5.32 Å². The highest BCUT2D eigenvalue weighted by Crippen LogP contribution is 2.11. The summed E-state index contributed by atoms with van der Waals surface area (Å²) in [5.41, 5.74) is 3.12. The summed E-state index contributed by atoms with van der Waals surface area (Å²) in [7, 11) is 4.86. The lowest BCUT2D eigenvalue weighted by molar-refractivity contribution is -0.135. The van der Waals surface area contributed by atoms with Gasteiger partial charge in [-0.1, -0.05) is 24.0 Å². The van der Waals surface area contributed by atoms with Gasteiger partial charge in [-0.2, -0.15) is 0 Å². The second kappa shape index (κ2) is 13.4. The molecule has 37 heavy (non-hydrogen) atoms. The van der Waals surface area contributed by atoms with Gasteiger partial charge in [-0.25, -0.2) is 0 Å². The second-order valence-electron chi connectivity index (χ2n) is 8.91. The SMILES string of the molecule is CNC(=O)C(C(=O)CO)N(C)C(=O)c1ccc(C#CC#Cc2ccc(CN3CCN(C)CC3)cc2)cc1. The van der Waals surface area contributed by atoms with Gasteiger partial charge in [-0.15, -0.1) is 0 Å². The van der Waals surface area contributed by atoms with Crippen LogP contribution in [0.15, 0.2) is 48.5 Å². The molecule has 1 aliphatic rings. The van der Waals surface area contributed by atoms with E-state index in [0.717, 1.165) is 43.2 Å². The van der Waals surface area contributed by atoms with Crippen LogP contribution in [0.1, 0.15) is 27.0 Å². The molecule has 1 heterocycles. The zero-order chi connectivity index (χ0) is 26.8. The van der Waals surface area contributed by atoms with E-state index in [1.165, 1.54) is 19.7 Å². The maximum Gasteiger partial charge on any atom is 0.254 e. The highest BCUT2D eigenvalue weighted by molar-refractivity contribution is 6.10. The first-order valence-corrected chi connectivity index (χ1v) is 12.1. The summed E-state index contributed by atoms with van der Waals surface area (Å²) in [6.45, 7) is 4.47. The third-order valence-corrected chi connectivity index (χ3v) is 6.23. The monoisotopic (exact) mass is 500 g/mol. The normalized spacial score (nSPS) is 14.4. The summed E-state index contributed by atoms with van der Waals surface area (Å²) in [6.07, 6.45) is 0. The molecule has 0 bridgehead atoms. The van der Waals surface area contributed by atoms with Gasteiger partial charge in [0.05, 0.1) is 0 Å². The third-order valence-electron chi connectivity index (χ3n) is 6.23. The van der Waals surface area contributed by atoms with Gasteiger partial charge in [-0.3, -0.25) is 19.3 Å². The Bertz CT molecular complexity index is 1210. The predicted octanol–water partition coefficient (Wildman–Crippen LogP) is 0.585. The molecule has 1 atom stereocenters. The summed E-state index contributed by atoms with van der Waals surface area (Å²) in [4.78, 5) is 42.6. The van der Waals surface area contributed by atoms with E-state index in [1.54, 1.807) is 24.3 Å². The standard InChI is InChI=1S/C29H32N4O4/c1-30-28(36)27(26(35)21-34)32(3)29(37)25-14-12-23(13-15-25)7-5-4-6-22-8-10-24(11-9-22)20-33-18-16-31(2)17-19-33/h8-15,27,34H,16-21H2,1-3H3,(H,30,36). The van der Waals surface area contributed by atoms with E-state index >= 15 is 0 Å². The number of nitrogens with one attached hydrogen (secondary N) is 1. The molecule has 0 aromatic heterocycles. The molecule has 1 aliphatic heterocycles. The molecular formula is C29H32N4O4. The van der Waals surface area contributed by atoms with Crippen molar-refractivity contribution >= 4 is 17.6 Å². The Kier molecular flexibility index (Phi) is 10.00. The maximum absolute atomic E-state index is 12.8. The van der Waals surface area contributed by atoms with Crippen molar-refractivity contribution in [1.82, 2.24) is 20.0 Å². The first-order chi connectivity index (χ1) is 17.8. The van der Waals surface area contributed by atoms with E-state index in [4.69, 9.17) is 5.11 Å². The number of ketones is 1. The molecule has 1 unspecified atom stereocenters. The molecule has 0 saturated carbocycles. The lowest BCUT2D eigenvalue weighted by atomic mass is 10.1. The Morgan fingerprint density at radius 1 is 0.946 bits per heavy atom. The molecule has 0 spiro atoms. The summed E-state index contributed by atoms with van der Waals surface area (Å²) in [5, 5.41) is 11.5. The van der Waals surface area contributed by atoms with Crippen LogP contribution in [-0.2, 0) is 16.1 Å². The molecule has 0 aliphatic carbocycles. The van der Waals surface area contributed by atoms with E-state index in [0.29, 0.717) is 5.56 Å². The molecule has 192 valence electrons. The first kappa shape index (κ1) is 27.6. The zero-order valence-electron chi connectivity index (χ0n) is 21.5. The van der Waals surface area contributed by atoms with E-state index < -0.39 is 30.2 Å². The molecule has 1 saturated heterocycles. The Labute approximate surface area is 218 Å². The van der Waals surface area contributed by atoms with Crippen LogP contribution in [0.4, 0.5) is 0 Å². The van der Waals surface area contributed by atoms with Crippen molar-refractivity contribution in [1.29, 1.82) is 0 Å². The molecule has 2 N–H and O–H groups in total. The van der Waals surface area contributed by atoms with E-state index in [-0.39, 0.29) is 5.56 Å². The topological polar surface area (TPSA) is 93.2 Å². The van der Waals surface area contributed by atoms with Crippen molar-refractivity contribution in [2.45, 2.75) is 12.6 Å². The number of amides is 2. The third kappa shape index (κ3) is 7.77. The number of rotatable bonds is 7. The Morgan fingerprint density at radius 2 is 1.49 bits per heavy atom. The second-order valence-corrected chi connectivity index (χ2v) is 8.91. The highest BCUT2D eigenvalue weighted by atomic mass is 16.3. The molecule has 1 fully saturated rings. The van der Waals surface area contributed by atoms with E-state index in [1.807, 2.05) is 12.1 Å². The van der Waals surface area contributed by atoms with Gasteiger partial charge in [0.25, 0.3) is 5.91 Å². The van der Waals surface area contributed by atoms with Gasteiger partial charge in [0.1, 0.15) is 6.61 Å². The summed E-state index contributed by atoms with van der Waals surface area (Å²) < 4.78 is 0. The van der Waals surface area contributed by atoms with Crippen LogP contribution in [0.2, 0.25) is 0 Å². The van der Waals surface area contributed by atoms with Gasteiger partial charge in [0.2, 0.25) is 5.91 Å². The Morgan fingerprint density at radius 3 is 2.00 bits per heavy atom. The Balaban J connectivity index is 1.58. The van der Waals surface area contributed by atoms with Crippen LogP contribution in [-0.4, -0.2) is 97.4 Å². The number of piperazine rings is 1. The number of carbonyl (C=O) groups is 3. The number of likely N-dealkylation sites (N-methyl/N-ethyl adjacent to an activating group) is 3. The van der Waals surface area contributed by atoms with Gasteiger partial charge in [0, 0.05) is 63.5 Å². The molecule has 3 rings (SSSR count). The summed E-state index contributed by atoms with van der Waals surface area (Å²) >= 11 is 0. The number of hydrogen-bond donors (Lipinski definition) is 2. The van der Waals surface area contributed by atoms with Crippen LogP contribution in [0.5, 0.6) is 0 Å². The van der Waals surface area contributed by atoms with Crippen molar-refractivity contribution in [2.24, 2.45) is 0 Å². The van der Waals surface area contributed by atoms with Crippen LogP contribution in [0.3, 0.4) is 0 Å². The van der Waals surface area contributed by atoms with E-state index in [2.05, 4.69) is 58.0 Å². The fourth-order valence-corrected chi connectivity index (χ4v) is 3.94. The molecule has 2 aromatic carbocycles. The van der Waals surface area contributed by atoms with Crippen LogP contribution in [0, 0.1) is 23.7 Å². The molecule has 8 heteroatoms. The molecule has 2 amide bonds. The number of nitrogens with zero attached hydrogens (tertiary/aromatic N) is 3. The largest absolute Gasteiger partial charge is 0.388 e. The quantitative estimate of drug-likeness (QED) is 0.427. The lowest BCUT2D eigenvalue weighted by Gasteiger charge is -2.32. The predicted molar refractivity (Wildman–Crippen MR) is 141 cm³/mol. The fraction of sp³-hybridized carbons (Fsp3) is 0.345. The van der Waals surface area contributed by atoms with Crippen molar-refractivity contribution in [3.8, 4) is 23.7 Å². The van der Waals surface area contributed by atoms with Gasteiger partial charge >= 0.3 is 0 Å². The van der Waals surface area contributed by atoms with Gasteiger partial charge in [0.15, 0.2) is 11.8 Å². The minimum absolute atomic E-state index is 0.287. The van der Waals surface area contributed by atoms with Crippen molar-refractivity contribution < 1.29 is 19.5 Å². The smallest absolute Gasteiger partial charge is 0.254 e. The van der Waals surface area contributed by atoms with Crippen molar-refractivity contribution in [3.05, 3.63) is 70.8 Å². The van der Waals surface area contributed by atoms with Gasteiger partial charge in [-0.05, 0) is 60.9 Å². The minimum atomic E-state index is -1.40. The number of benzene rings is 2. The number of hydrogen-bond acceptors (Lipinski definition) is 6. The first-order valence-electron chi connectivity index (χ1n) is 12.1. The average molecular weight is 501 g/mol. The summed E-state index contributed by atoms with van der Waals surface area (Å²) in [5.74, 6) is 9.72. The van der Waals surface area contributed by atoms with Crippen LogP contribution in [0.25, 0.3) is 0 Å².